The molecule has 1 aliphatic rings. The van der Waals surface area contributed by atoms with Crippen molar-refractivity contribution in [2.75, 3.05) is 13.6 Å². The first-order chi connectivity index (χ1) is 20.1. The maximum atomic E-state index is 13.1. The van der Waals surface area contributed by atoms with Gasteiger partial charge in [0, 0.05) is 13.0 Å². The Hall–Kier alpha value is -4.49. The van der Waals surface area contributed by atoms with Crippen LogP contribution in [0.3, 0.4) is 0 Å². The molecule has 0 radical (unpaired) electrons. The summed E-state index contributed by atoms with van der Waals surface area (Å²) < 4.78 is 0. The quantitative estimate of drug-likeness (QED) is 0.192. The molecule has 1 fully saturated rings. The summed E-state index contributed by atoms with van der Waals surface area (Å²) in [6.07, 6.45) is 7.00. The number of imidazole rings is 2. The minimum Gasteiger partial charge on any atom is -0.341 e. The molecule has 6 rings (SSSR count). The van der Waals surface area contributed by atoms with Crippen molar-refractivity contribution < 1.29 is 4.79 Å². The monoisotopic (exact) mass is 544 g/mol. The molecule has 0 bridgehead atoms. The molecule has 0 spiro atoms. The third kappa shape index (κ3) is 5.86. The van der Waals surface area contributed by atoms with Gasteiger partial charge in [0.2, 0.25) is 5.91 Å². The molecule has 1 saturated heterocycles. The number of carbonyl (C=O) groups is 1. The summed E-state index contributed by atoms with van der Waals surface area (Å²) in [6.45, 7) is 2.87. The third-order valence-corrected chi connectivity index (χ3v) is 8.12. The Balaban J connectivity index is 1.11. The lowest BCUT2D eigenvalue weighted by molar-refractivity contribution is -0.132. The smallest absolute Gasteiger partial charge is 0.223 e. The van der Waals surface area contributed by atoms with Crippen LogP contribution in [0.25, 0.3) is 33.6 Å². The van der Waals surface area contributed by atoms with Crippen molar-refractivity contribution in [1.82, 2.24) is 30.2 Å². The summed E-state index contributed by atoms with van der Waals surface area (Å²) in [5.41, 5.74) is 7.67. The summed E-state index contributed by atoms with van der Waals surface area (Å²) in [4.78, 5) is 31.2. The molecule has 1 aliphatic heterocycles. The number of likely N-dealkylation sites (tertiary alicyclic amines) is 1. The number of nitrogens with one attached hydrogen (secondary N) is 3. The minimum absolute atomic E-state index is 0.0113. The van der Waals surface area contributed by atoms with E-state index in [0.717, 1.165) is 71.1 Å². The van der Waals surface area contributed by atoms with E-state index in [2.05, 4.69) is 87.9 Å². The molecule has 2 aromatic heterocycles. The van der Waals surface area contributed by atoms with Crippen molar-refractivity contribution in [2.45, 2.75) is 44.7 Å². The molecule has 3 aromatic carbocycles. The van der Waals surface area contributed by atoms with Crippen LogP contribution in [0.15, 0.2) is 91.3 Å². The molecular formula is C34H36N6O. The molecule has 3 N–H and O–H groups in total. The van der Waals surface area contributed by atoms with Gasteiger partial charge in [-0.3, -0.25) is 4.79 Å². The highest BCUT2D eigenvalue weighted by molar-refractivity contribution is 5.77. The fourth-order valence-electron chi connectivity index (χ4n) is 5.57. The van der Waals surface area contributed by atoms with Gasteiger partial charge in [0.1, 0.15) is 11.6 Å². The van der Waals surface area contributed by atoms with Crippen LogP contribution < -0.4 is 5.32 Å². The lowest BCUT2D eigenvalue weighted by Gasteiger charge is -2.23. The first-order valence-corrected chi connectivity index (χ1v) is 14.4. The Morgan fingerprint density at radius 2 is 1.49 bits per heavy atom. The van der Waals surface area contributed by atoms with Crippen molar-refractivity contribution in [2.24, 2.45) is 0 Å². The van der Waals surface area contributed by atoms with Crippen molar-refractivity contribution in [3.05, 3.63) is 108 Å². The zero-order valence-electron chi connectivity index (χ0n) is 23.6. The first kappa shape index (κ1) is 26.7. The van der Waals surface area contributed by atoms with Crippen LogP contribution >= 0.6 is 0 Å². The Morgan fingerprint density at radius 3 is 2.15 bits per heavy atom. The summed E-state index contributed by atoms with van der Waals surface area (Å²) in [5, 5.41) is 3.21. The number of hydrogen-bond acceptors (Lipinski definition) is 4. The SMILES string of the molecule is CN[C@@H](C)c1ncc(-c2ccc(-c3ccc(-c4cnc([C@@H]5CCCN5C(=O)CCc5ccccc5)[nH]4)cc3)cc2)[nH]1. The van der Waals surface area contributed by atoms with E-state index in [9.17, 15) is 4.79 Å². The summed E-state index contributed by atoms with van der Waals surface area (Å²) >= 11 is 0. The van der Waals surface area contributed by atoms with Crippen molar-refractivity contribution in [3.63, 3.8) is 0 Å². The summed E-state index contributed by atoms with van der Waals surface area (Å²) in [6, 6.07) is 27.5. The van der Waals surface area contributed by atoms with Crippen LogP contribution in [0.2, 0.25) is 0 Å². The van der Waals surface area contributed by atoms with E-state index in [1.807, 2.05) is 42.5 Å². The van der Waals surface area contributed by atoms with Gasteiger partial charge in [-0.25, -0.2) is 9.97 Å². The first-order valence-electron chi connectivity index (χ1n) is 14.4. The second-order valence-corrected chi connectivity index (χ2v) is 10.8. The van der Waals surface area contributed by atoms with Crippen LogP contribution in [0.1, 0.15) is 55.5 Å². The summed E-state index contributed by atoms with van der Waals surface area (Å²) in [7, 11) is 1.93. The van der Waals surface area contributed by atoms with Crippen LogP contribution in [0.5, 0.6) is 0 Å². The fourth-order valence-corrected chi connectivity index (χ4v) is 5.57. The lowest BCUT2D eigenvalue weighted by Crippen LogP contribution is -2.31. The number of aromatic nitrogens is 4. The number of hydrogen-bond donors (Lipinski definition) is 3. The molecular weight excluding hydrogens is 508 g/mol. The zero-order chi connectivity index (χ0) is 28.2. The van der Waals surface area contributed by atoms with Gasteiger partial charge in [0.25, 0.3) is 0 Å². The molecule has 0 unspecified atom stereocenters. The van der Waals surface area contributed by atoms with E-state index in [0.29, 0.717) is 6.42 Å². The van der Waals surface area contributed by atoms with Crippen LogP contribution in [0, 0.1) is 0 Å². The number of benzene rings is 3. The standard InChI is InChI=1S/C34H36N6O/c1-23(35-2)33-36-21-29(38-33)27-15-11-25(12-16-27)26-13-17-28(18-14-26)30-22-37-34(39-30)31-9-6-20-40(31)32(41)19-10-24-7-4-3-5-8-24/h3-5,7-8,11-18,21-23,31,35H,6,9-10,19-20H2,1-2H3,(H,36,38)(H,37,39)/t23-,31-/m0/s1. The van der Waals surface area contributed by atoms with Crippen LogP contribution in [-0.2, 0) is 11.2 Å². The molecule has 2 atom stereocenters. The van der Waals surface area contributed by atoms with Gasteiger partial charge in [0.15, 0.2) is 0 Å². The van der Waals surface area contributed by atoms with Crippen LogP contribution in [-0.4, -0.2) is 44.3 Å². The van der Waals surface area contributed by atoms with Crippen molar-refractivity contribution >= 4 is 5.91 Å². The Labute approximate surface area is 241 Å². The van der Waals surface area contributed by atoms with Gasteiger partial charge < -0.3 is 20.2 Å². The molecule has 7 nitrogen and oxygen atoms in total. The van der Waals surface area contributed by atoms with E-state index in [-0.39, 0.29) is 18.0 Å². The van der Waals surface area contributed by atoms with Gasteiger partial charge in [-0.1, -0.05) is 78.9 Å². The number of carbonyl (C=O) groups excluding carboxylic acids is 1. The predicted octanol–water partition coefficient (Wildman–Crippen LogP) is 6.71. The normalized spacial score (nSPS) is 15.8. The van der Waals surface area contributed by atoms with Gasteiger partial charge in [-0.2, -0.15) is 0 Å². The second kappa shape index (κ2) is 11.9. The highest BCUT2D eigenvalue weighted by Gasteiger charge is 2.31. The second-order valence-electron chi connectivity index (χ2n) is 10.8. The molecule has 5 aromatic rings. The number of H-pyrrole nitrogens is 2. The fraction of sp³-hybridized carbons (Fsp3) is 0.265. The average molecular weight is 545 g/mol. The number of nitrogens with zero attached hydrogens (tertiary/aromatic N) is 3. The Bertz CT molecular complexity index is 1590. The molecule has 1 amide bonds. The average Bonchev–Trinajstić information content (AvgIpc) is 3.81. The highest BCUT2D eigenvalue weighted by Crippen LogP contribution is 2.33. The molecule has 3 heterocycles. The van der Waals surface area contributed by atoms with E-state index in [1.54, 1.807) is 0 Å². The van der Waals surface area contributed by atoms with E-state index in [4.69, 9.17) is 4.98 Å². The molecule has 0 aliphatic carbocycles. The number of rotatable bonds is 9. The molecule has 0 saturated carbocycles. The lowest BCUT2D eigenvalue weighted by atomic mass is 10.0. The van der Waals surface area contributed by atoms with E-state index < -0.39 is 0 Å². The van der Waals surface area contributed by atoms with Gasteiger partial charge in [-0.15, -0.1) is 0 Å². The summed E-state index contributed by atoms with van der Waals surface area (Å²) in [5.74, 6) is 2.00. The number of aromatic amines is 2. The van der Waals surface area contributed by atoms with E-state index >= 15 is 0 Å². The maximum absolute atomic E-state index is 13.1. The third-order valence-electron chi connectivity index (χ3n) is 8.12. The minimum atomic E-state index is 0.0113. The molecule has 7 heteroatoms. The molecule has 41 heavy (non-hydrogen) atoms. The maximum Gasteiger partial charge on any atom is 0.223 e. The Morgan fingerprint density at radius 1 is 0.878 bits per heavy atom. The Kier molecular flexibility index (Phi) is 7.78. The highest BCUT2D eigenvalue weighted by atomic mass is 16.2. The largest absolute Gasteiger partial charge is 0.341 e. The van der Waals surface area contributed by atoms with Gasteiger partial charge >= 0.3 is 0 Å². The zero-order valence-corrected chi connectivity index (χ0v) is 23.6. The van der Waals surface area contributed by atoms with E-state index in [1.165, 1.54) is 5.56 Å². The predicted molar refractivity (Wildman–Crippen MR) is 163 cm³/mol. The van der Waals surface area contributed by atoms with Gasteiger partial charge in [0.05, 0.1) is 35.9 Å². The van der Waals surface area contributed by atoms with Crippen LogP contribution in [0.4, 0.5) is 0 Å². The van der Waals surface area contributed by atoms with Crippen molar-refractivity contribution in [3.8, 4) is 33.6 Å². The number of aryl methyl sites for hydroxylation is 1. The van der Waals surface area contributed by atoms with Crippen molar-refractivity contribution in [1.29, 1.82) is 0 Å². The topological polar surface area (TPSA) is 89.7 Å². The van der Waals surface area contributed by atoms with Gasteiger partial charge in [-0.05, 0) is 61.1 Å². The number of amides is 1. The molecule has 208 valence electrons.